The molecule has 2 aromatic carbocycles. The Bertz CT molecular complexity index is 1910. The normalized spacial score (nSPS) is 19.2. The minimum absolute atomic E-state index is 0.262. The Labute approximate surface area is 260 Å². The van der Waals surface area contributed by atoms with Gasteiger partial charge in [-0.05, 0) is 66.9 Å². The number of carbonyl (C=O) groups is 1. The minimum Gasteiger partial charge on any atom is -0.350 e. The summed E-state index contributed by atoms with van der Waals surface area (Å²) in [4.78, 5) is 28.9. The Balaban J connectivity index is 1.19. The highest BCUT2D eigenvalue weighted by molar-refractivity contribution is 6.04. The Kier molecular flexibility index (Phi) is 7.62. The zero-order valence-electron chi connectivity index (χ0n) is 25.4. The van der Waals surface area contributed by atoms with Crippen molar-refractivity contribution in [3.8, 4) is 11.3 Å². The average Bonchev–Trinajstić information content (AvgIpc) is 3.48. The van der Waals surface area contributed by atoms with Crippen LogP contribution >= 0.6 is 0 Å². The number of fused-ring (bicyclic) bond motifs is 5. The molecule has 3 N–H and O–H groups in total. The second-order valence-electron chi connectivity index (χ2n) is 12.2. The van der Waals surface area contributed by atoms with E-state index in [2.05, 4.69) is 52.4 Å². The lowest BCUT2D eigenvalue weighted by molar-refractivity contribution is -0.114. The molecule has 2 bridgehead atoms. The van der Waals surface area contributed by atoms with Crippen molar-refractivity contribution < 1.29 is 9.18 Å². The molecule has 0 radical (unpaired) electrons. The zero-order chi connectivity index (χ0) is 31.1. The van der Waals surface area contributed by atoms with Crippen LogP contribution in [0.1, 0.15) is 43.7 Å². The summed E-state index contributed by atoms with van der Waals surface area (Å²) in [5.74, 6) is 0.235. The summed E-state index contributed by atoms with van der Waals surface area (Å²) in [5, 5.41) is 16.2. The van der Waals surface area contributed by atoms with Crippen LogP contribution in [0.5, 0.6) is 0 Å². The van der Waals surface area contributed by atoms with E-state index in [9.17, 15) is 9.18 Å². The molecule has 3 fully saturated rings. The Morgan fingerprint density at radius 3 is 2.69 bits per heavy atom. The highest BCUT2D eigenvalue weighted by Crippen LogP contribution is 2.32. The van der Waals surface area contributed by atoms with Crippen molar-refractivity contribution in [2.75, 3.05) is 35.6 Å². The maximum absolute atomic E-state index is 13.3. The van der Waals surface area contributed by atoms with Gasteiger partial charge < -0.3 is 20.9 Å². The van der Waals surface area contributed by atoms with E-state index in [1.807, 2.05) is 36.5 Å². The summed E-state index contributed by atoms with van der Waals surface area (Å²) in [7, 11) is 0. The number of rotatable bonds is 9. The molecule has 1 atom stereocenters. The van der Waals surface area contributed by atoms with E-state index in [4.69, 9.17) is 15.0 Å². The van der Waals surface area contributed by atoms with Gasteiger partial charge in [0.05, 0.1) is 11.9 Å². The van der Waals surface area contributed by atoms with Gasteiger partial charge in [-0.2, -0.15) is 19.6 Å². The van der Waals surface area contributed by atoms with Crippen molar-refractivity contribution in [3.05, 3.63) is 84.5 Å². The Hall–Kier alpha value is -4.90. The third-order valence-corrected chi connectivity index (χ3v) is 8.97. The topological polar surface area (TPSA) is 112 Å². The number of nitrogens with zero attached hydrogens (tertiary/aromatic N) is 6. The third kappa shape index (κ3) is 5.71. The van der Waals surface area contributed by atoms with Gasteiger partial charge in [0.15, 0.2) is 11.5 Å². The molecule has 0 saturated carbocycles. The summed E-state index contributed by atoms with van der Waals surface area (Å²) < 4.78 is 15.1. The van der Waals surface area contributed by atoms with Gasteiger partial charge in [0.2, 0.25) is 11.9 Å². The Morgan fingerprint density at radius 1 is 1.11 bits per heavy atom. The largest absolute Gasteiger partial charge is 0.350 e. The number of hydrogen-bond acceptors (Lipinski definition) is 8. The molecule has 0 aliphatic carbocycles. The molecule has 11 heteroatoms. The monoisotopic (exact) mass is 605 g/mol. The van der Waals surface area contributed by atoms with Crippen molar-refractivity contribution in [3.63, 3.8) is 0 Å². The van der Waals surface area contributed by atoms with E-state index >= 15 is 0 Å². The highest BCUT2D eigenvalue weighted by Gasteiger charge is 2.34. The van der Waals surface area contributed by atoms with Gasteiger partial charge in [-0.1, -0.05) is 50.8 Å². The van der Waals surface area contributed by atoms with Gasteiger partial charge in [0, 0.05) is 47.5 Å². The van der Waals surface area contributed by atoms with Crippen LogP contribution in [-0.4, -0.2) is 61.0 Å². The summed E-state index contributed by atoms with van der Waals surface area (Å²) in [5.41, 5.74) is 5.14. The van der Waals surface area contributed by atoms with Gasteiger partial charge in [0.25, 0.3) is 5.91 Å². The maximum Gasteiger partial charge on any atom is 0.283 e. The van der Waals surface area contributed by atoms with E-state index in [0.29, 0.717) is 36.1 Å². The van der Waals surface area contributed by atoms with Crippen molar-refractivity contribution >= 4 is 39.9 Å². The predicted octanol–water partition coefficient (Wildman–Crippen LogP) is 6.00. The number of piperidine rings is 3. The van der Waals surface area contributed by atoms with Crippen LogP contribution in [0.3, 0.4) is 0 Å². The number of hydrogen-bond donors (Lipinski definition) is 3. The molecule has 45 heavy (non-hydrogen) atoms. The van der Waals surface area contributed by atoms with E-state index in [1.165, 1.54) is 25.9 Å². The lowest BCUT2D eigenvalue weighted by Crippen LogP contribution is -2.53. The highest BCUT2D eigenvalue weighted by atomic mass is 19.1. The smallest absolute Gasteiger partial charge is 0.283 e. The molecule has 8 rings (SSSR count). The first-order chi connectivity index (χ1) is 21.8. The molecule has 6 heterocycles. The molecule has 3 aliphatic heterocycles. The van der Waals surface area contributed by atoms with Crippen molar-refractivity contribution in [1.29, 1.82) is 0 Å². The van der Waals surface area contributed by atoms with Crippen LogP contribution in [0.4, 0.5) is 22.0 Å². The number of amides is 1. The lowest BCUT2D eigenvalue weighted by Gasteiger charge is -2.44. The van der Waals surface area contributed by atoms with Gasteiger partial charge >= 0.3 is 0 Å². The fraction of sp³-hybridized carbons (Fsp3) is 0.324. The first kappa shape index (κ1) is 28.8. The van der Waals surface area contributed by atoms with Crippen molar-refractivity contribution in [1.82, 2.24) is 29.5 Å². The summed E-state index contributed by atoms with van der Waals surface area (Å²) in [6.45, 7) is 11.2. The number of benzene rings is 2. The summed E-state index contributed by atoms with van der Waals surface area (Å²) >= 11 is 0. The van der Waals surface area contributed by atoms with Crippen molar-refractivity contribution in [2.24, 2.45) is 5.92 Å². The third-order valence-electron chi connectivity index (χ3n) is 8.97. The lowest BCUT2D eigenvalue weighted by atomic mass is 9.84. The SMILES string of the molecule is C=C(F)C(=O)Nc1ccc2c(-c3ccccc3CNc3nc(N[C@H]4CN5CCC4CC5)nc4c(C(C)C)cnn34)nccc2c1. The fourth-order valence-electron chi connectivity index (χ4n) is 6.52. The quantitative estimate of drug-likeness (QED) is 0.175. The van der Waals surface area contributed by atoms with E-state index < -0.39 is 11.7 Å². The number of aromatic nitrogens is 5. The predicted molar refractivity (Wildman–Crippen MR) is 175 cm³/mol. The molecule has 1 amide bonds. The molecule has 5 aromatic rings. The molecule has 3 aliphatic rings. The number of nitrogens with one attached hydrogen (secondary N) is 3. The summed E-state index contributed by atoms with van der Waals surface area (Å²) in [6, 6.07) is 15.7. The van der Waals surface area contributed by atoms with Crippen LogP contribution in [0, 0.1) is 5.92 Å². The van der Waals surface area contributed by atoms with Gasteiger partial charge in [-0.25, -0.2) is 4.39 Å². The van der Waals surface area contributed by atoms with E-state index in [-0.39, 0.29) is 5.92 Å². The van der Waals surface area contributed by atoms with Gasteiger partial charge in [-0.15, -0.1) is 0 Å². The second kappa shape index (κ2) is 11.9. The minimum atomic E-state index is -1.04. The zero-order valence-corrected chi connectivity index (χ0v) is 25.4. The van der Waals surface area contributed by atoms with Crippen LogP contribution in [0.2, 0.25) is 0 Å². The molecule has 0 unspecified atom stereocenters. The maximum atomic E-state index is 13.3. The van der Waals surface area contributed by atoms with Crippen molar-refractivity contribution in [2.45, 2.75) is 45.2 Å². The van der Waals surface area contributed by atoms with Gasteiger partial charge in [0.1, 0.15) is 0 Å². The molecular weight excluding hydrogens is 569 g/mol. The number of anilines is 3. The fourth-order valence-corrected chi connectivity index (χ4v) is 6.52. The molecule has 3 aromatic heterocycles. The average molecular weight is 606 g/mol. The van der Waals surface area contributed by atoms with E-state index in [1.54, 1.807) is 22.8 Å². The molecular formula is C34H36FN9O. The number of pyridine rings is 1. The first-order valence-electron chi connectivity index (χ1n) is 15.5. The Morgan fingerprint density at radius 2 is 1.93 bits per heavy atom. The van der Waals surface area contributed by atoms with Crippen LogP contribution in [0.15, 0.2) is 73.3 Å². The van der Waals surface area contributed by atoms with Crippen LogP contribution < -0.4 is 16.0 Å². The van der Waals surface area contributed by atoms with Gasteiger partial charge in [-0.3, -0.25) is 9.78 Å². The van der Waals surface area contributed by atoms with Crippen LogP contribution in [-0.2, 0) is 11.3 Å². The summed E-state index contributed by atoms with van der Waals surface area (Å²) in [6.07, 6.45) is 6.03. The van der Waals surface area contributed by atoms with Crippen LogP contribution in [0.25, 0.3) is 27.7 Å². The molecule has 230 valence electrons. The number of carbonyl (C=O) groups excluding carboxylic acids is 1. The molecule has 3 saturated heterocycles. The number of halogens is 1. The molecule has 10 nitrogen and oxygen atoms in total. The first-order valence-corrected chi connectivity index (χ1v) is 15.5. The second-order valence-corrected chi connectivity index (χ2v) is 12.2. The van der Waals surface area contributed by atoms with E-state index in [0.717, 1.165) is 45.3 Å². The molecule has 0 spiro atoms. The standard InChI is InChI=1S/C34H36FN9O/c1-20(2)28-18-38-44-31(28)41-33(40-29-19-43-14-11-22(29)12-15-43)42-34(44)37-17-24-6-4-5-7-26(24)30-27-9-8-25(39-32(45)21(3)35)16-23(27)10-13-36-30/h4-10,13,16,18,20,22,29H,3,11-12,14-15,17,19H2,1-2H3,(H,39,45)(H2,37,40,41,42)/t29-/m0/s1.